The highest BCUT2D eigenvalue weighted by Crippen LogP contribution is 2.12. The molecule has 1 amide bonds. The smallest absolute Gasteiger partial charge is 0.234 e. The van der Waals surface area contributed by atoms with Crippen molar-refractivity contribution in [2.75, 3.05) is 13.1 Å². The van der Waals surface area contributed by atoms with Gasteiger partial charge in [0.05, 0.1) is 18.7 Å². The zero-order valence-electron chi connectivity index (χ0n) is 8.69. The van der Waals surface area contributed by atoms with Gasteiger partial charge in [0.1, 0.15) is 5.82 Å². The molecule has 90 valence electrons. The van der Waals surface area contributed by atoms with Gasteiger partial charge >= 0.3 is 0 Å². The van der Waals surface area contributed by atoms with Crippen molar-refractivity contribution in [3.63, 3.8) is 0 Å². The first-order chi connectivity index (χ1) is 8.04. The summed E-state index contributed by atoms with van der Waals surface area (Å²) < 4.78 is 38.4. The Bertz CT molecular complexity index is 491. The van der Waals surface area contributed by atoms with E-state index in [-0.39, 0.29) is 18.7 Å². The van der Waals surface area contributed by atoms with Crippen LogP contribution in [0.3, 0.4) is 0 Å². The highest BCUT2D eigenvalue weighted by Gasteiger charge is 2.07. The summed E-state index contributed by atoms with van der Waals surface area (Å²) in [5.74, 6) is 0.840. The first-order valence-electron chi connectivity index (χ1n) is 4.64. The predicted octanol–water partition coefficient (Wildman–Crippen LogP) is 0.530. The van der Waals surface area contributed by atoms with Crippen LogP contribution >= 0.6 is 0 Å². The van der Waals surface area contributed by atoms with E-state index in [0.29, 0.717) is 12.1 Å². The van der Waals surface area contributed by atoms with Crippen LogP contribution in [0.1, 0.15) is 5.56 Å². The van der Waals surface area contributed by atoms with Gasteiger partial charge in [-0.15, -0.1) is 0 Å². The highest BCUT2D eigenvalue weighted by molar-refractivity contribution is 5.77. The third-order valence-corrected chi connectivity index (χ3v) is 1.79. The largest absolute Gasteiger partial charge is 0.344 e. The van der Waals surface area contributed by atoms with E-state index in [0.717, 1.165) is 0 Å². The number of carbonyl (C=O) groups excluding carboxylic acids is 1. The maximum absolute atomic E-state index is 13.1. The van der Waals surface area contributed by atoms with Gasteiger partial charge in [0.2, 0.25) is 5.91 Å². The fourth-order valence-electron chi connectivity index (χ4n) is 0.973. The van der Waals surface area contributed by atoms with Gasteiger partial charge in [-0.05, 0) is 6.07 Å². The molecule has 0 aliphatic rings. The maximum Gasteiger partial charge on any atom is 0.234 e. The molecule has 0 spiro atoms. The summed E-state index contributed by atoms with van der Waals surface area (Å²) in [4.78, 5) is 10.7. The van der Waals surface area contributed by atoms with Gasteiger partial charge in [-0.3, -0.25) is 4.79 Å². The van der Waals surface area contributed by atoms with Crippen molar-refractivity contribution in [3.05, 3.63) is 35.1 Å². The zero-order chi connectivity index (χ0) is 12.8. The van der Waals surface area contributed by atoms with E-state index in [9.17, 15) is 18.0 Å². The van der Waals surface area contributed by atoms with E-state index in [4.69, 9.17) is 5.73 Å². The topological polar surface area (TPSA) is 55.1 Å². The van der Waals surface area contributed by atoms with Crippen LogP contribution in [0.25, 0.3) is 0 Å². The summed E-state index contributed by atoms with van der Waals surface area (Å²) in [6, 6.07) is 1.07. The molecule has 0 aliphatic heterocycles. The van der Waals surface area contributed by atoms with Gasteiger partial charge in [0.15, 0.2) is 11.6 Å². The monoisotopic (exact) mass is 242 g/mol. The Morgan fingerprint density at radius 3 is 2.53 bits per heavy atom. The minimum absolute atomic E-state index is 0.0472. The lowest BCUT2D eigenvalue weighted by molar-refractivity contribution is -0.119. The number of amides is 1. The molecule has 1 rings (SSSR count). The van der Waals surface area contributed by atoms with Crippen LogP contribution in [0.2, 0.25) is 0 Å². The number of hydrogen-bond acceptors (Lipinski definition) is 2. The average Bonchev–Trinajstić information content (AvgIpc) is 2.30. The van der Waals surface area contributed by atoms with Crippen molar-refractivity contribution in [3.8, 4) is 11.8 Å². The van der Waals surface area contributed by atoms with Gasteiger partial charge in [0, 0.05) is 6.07 Å². The van der Waals surface area contributed by atoms with E-state index in [2.05, 4.69) is 17.2 Å². The molecular formula is C11H9F3N2O. The summed E-state index contributed by atoms with van der Waals surface area (Å²) in [5, 5.41) is 2.32. The average molecular weight is 242 g/mol. The van der Waals surface area contributed by atoms with E-state index in [1.54, 1.807) is 0 Å². The molecule has 17 heavy (non-hydrogen) atoms. The summed E-state index contributed by atoms with van der Waals surface area (Å²) in [6.07, 6.45) is 0. The molecule has 1 aromatic rings. The minimum Gasteiger partial charge on any atom is -0.344 e. The molecule has 0 radical (unpaired) electrons. The second-order valence-electron chi connectivity index (χ2n) is 3.03. The number of hydrogen-bond donors (Lipinski definition) is 2. The lowest BCUT2D eigenvalue weighted by atomic mass is 10.2. The Kier molecular flexibility index (Phi) is 4.55. The Balaban J connectivity index is 2.72. The minimum atomic E-state index is -1.27. The Morgan fingerprint density at radius 2 is 1.88 bits per heavy atom. The molecule has 0 saturated carbocycles. The normalized spacial score (nSPS) is 9.41. The summed E-state index contributed by atoms with van der Waals surface area (Å²) in [5.41, 5.74) is 4.74. The van der Waals surface area contributed by atoms with E-state index in [1.807, 2.05) is 0 Å². The van der Waals surface area contributed by atoms with Crippen LogP contribution in [0.5, 0.6) is 0 Å². The molecule has 0 fully saturated rings. The molecule has 0 heterocycles. The lowest BCUT2D eigenvalue weighted by Crippen LogP contribution is -2.30. The third kappa shape index (κ3) is 3.81. The first kappa shape index (κ1) is 13.1. The number of nitrogens with two attached hydrogens (primary N) is 1. The van der Waals surface area contributed by atoms with E-state index >= 15 is 0 Å². The van der Waals surface area contributed by atoms with Crippen LogP contribution < -0.4 is 11.1 Å². The van der Waals surface area contributed by atoms with Gasteiger partial charge in [-0.2, -0.15) is 0 Å². The van der Waals surface area contributed by atoms with Crippen LogP contribution in [-0.2, 0) is 4.79 Å². The van der Waals surface area contributed by atoms with Gasteiger partial charge < -0.3 is 11.1 Å². The van der Waals surface area contributed by atoms with Crippen LogP contribution in [0.4, 0.5) is 13.2 Å². The fourth-order valence-corrected chi connectivity index (χ4v) is 0.973. The number of halogens is 3. The van der Waals surface area contributed by atoms with Crippen LogP contribution in [0.15, 0.2) is 12.1 Å². The van der Waals surface area contributed by atoms with Crippen molar-refractivity contribution >= 4 is 5.91 Å². The third-order valence-electron chi connectivity index (χ3n) is 1.79. The van der Waals surface area contributed by atoms with Crippen molar-refractivity contribution < 1.29 is 18.0 Å². The molecule has 1 aromatic carbocycles. The number of rotatable bonds is 2. The number of nitrogens with one attached hydrogen (secondary N) is 1. The quantitative estimate of drug-likeness (QED) is 0.587. The molecule has 3 N–H and O–H groups in total. The van der Waals surface area contributed by atoms with Gasteiger partial charge in [0.25, 0.3) is 0 Å². The van der Waals surface area contributed by atoms with Crippen LogP contribution in [-0.4, -0.2) is 19.0 Å². The highest BCUT2D eigenvalue weighted by atomic mass is 19.2. The molecule has 0 aromatic heterocycles. The number of benzene rings is 1. The Hall–Kier alpha value is -2.00. The first-order valence-corrected chi connectivity index (χ1v) is 4.64. The van der Waals surface area contributed by atoms with Crippen molar-refractivity contribution in [1.82, 2.24) is 5.32 Å². The molecule has 3 nitrogen and oxygen atoms in total. The molecular weight excluding hydrogens is 233 g/mol. The summed E-state index contributed by atoms with van der Waals surface area (Å²) in [7, 11) is 0. The second kappa shape index (κ2) is 5.92. The molecule has 0 atom stereocenters. The lowest BCUT2D eigenvalue weighted by Gasteiger charge is -1.97. The molecule has 0 saturated heterocycles. The van der Waals surface area contributed by atoms with E-state index in [1.165, 1.54) is 0 Å². The summed E-state index contributed by atoms with van der Waals surface area (Å²) >= 11 is 0. The maximum atomic E-state index is 13.1. The van der Waals surface area contributed by atoms with Gasteiger partial charge in [-0.25, -0.2) is 13.2 Å². The Labute approximate surface area is 95.8 Å². The fraction of sp³-hybridized carbons (Fsp3) is 0.182. The molecule has 0 aliphatic carbocycles. The van der Waals surface area contributed by atoms with E-state index < -0.39 is 23.4 Å². The van der Waals surface area contributed by atoms with Crippen molar-refractivity contribution in [1.29, 1.82) is 0 Å². The van der Waals surface area contributed by atoms with Crippen molar-refractivity contribution in [2.24, 2.45) is 5.73 Å². The second-order valence-corrected chi connectivity index (χ2v) is 3.03. The van der Waals surface area contributed by atoms with Gasteiger partial charge in [-0.1, -0.05) is 11.8 Å². The zero-order valence-corrected chi connectivity index (χ0v) is 8.69. The molecule has 0 unspecified atom stereocenters. The van der Waals surface area contributed by atoms with Crippen molar-refractivity contribution in [2.45, 2.75) is 0 Å². The summed E-state index contributed by atoms with van der Waals surface area (Å²) in [6.45, 7) is -0.227. The van der Waals surface area contributed by atoms with Crippen LogP contribution in [0, 0.1) is 29.3 Å². The molecule has 6 heteroatoms. The molecule has 0 bridgehead atoms. The SMILES string of the molecule is NCC(=O)NCC#Cc1cc(F)c(F)cc1F. The Morgan fingerprint density at radius 1 is 1.24 bits per heavy atom. The number of carbonyl (C=O) groups is 1. The predicted molar refractivity (Wildman–Crippen MR) is 55.3 cm³/mol. The standard InChI is InChI=1S/C11H9F3N2O/c12-8-5-10(14)9(13)4-7(8)2-1-3-16-11(17)6-15/h4-5H,3,6,15H2,(H,16,17).